The number of hydrogen-bond donors (Lipinski definition) is 1. The van der Waals surface area contributed by atoms with Gasteiger partial charge in [0.25, 0.3) is 0 Å². The fourth-order valence-corrected chi connectivity index (χ4v) is 3.15. The van der Waals surface area contributed by atoms with E-state index in [2.05, 4.69) is 5.32 Å². The van der Waals surface area contributed by atoms with Crippen LogP contribution in [-0.4, -0.2) is 6.04 Å². The molecular formula is C19H24FNO. The van der Waals surface area contributed by atoms with Crippen molar-refractivity contribution in [2.45, 2.75) is 57.5 Å². The average Bonchev–Trinajstić information content (AvgIpc) is 2.96. The first-order valence-corrected chi connectivity index (χ1v) is 8.39. The molecule has 2 aromatic rings. The van der Waals surface area contributed by atoms with E-state index in [1.54, 1.807) is 12.1 Å². The Balaban J connectivity index is 1.56. The van der Waals surface area contributed by atoms with Crippen molar-refractivity contribution in [3.05, 3.63) is 48.0 Å². The Morgan fingerprint density at radius 3 is 2.32 bits per heavy atom. The van der Waals surface area contributed by atoms with Crippen LogP contribution in [0.15, 0.2) is 40.8 Å². The molecule has 3 heteroatoms. The van der Waals surface area contributed by atoms with Crippen LogP contribution in [0.4, 0.5) is 4.39 Å². The Labute approximate surface area is 131 Å². The largest absolute Gasteiger partial charge is 0.460 e. The molecule has 1 fully saturated rings. The van der Waals surface area contributed by atoms with E-state index in [-0.39, 0.29) is 5.82 Å². The molecule has 1 N–H and O–H groups in total. The zero-order chi connectivity index (χ0) is 15.2. The first-order valence-electron chi connectivity index (χ1n) is 8.39. The number of hydrogen-bond acceptors (Lipinski definition) is 2. The second kappa shape index (κ2) is 7.59. The maximum atomic E-state index is 13.0. The van der Waals surface area contributed by atoms with Gasteiger partial charge < -0.3 is 9.73 Å². The van der Waals surface area contributed by atoms with Crippen LogP contribution in [-0.2, 0) is 6.54 Å². The fourth-order valence-electron chi connectivity index (χ4n) is 3.15. The summed E-state index contributed by atoms with van der Waals surface area (Å²) in [5.74, 6) is 1.53. The summed E-state index contributed by atoms with van der Waals surface area (Å²) >= 11 is 0. The molecular weight excluding hydrogens is 277 g/mol. The van der Waals surface area contributed by atoms with E-state index >= 15 is 0 Å². The van der Waals surface area contributed by atoms with Crippen LogP contribution < -0.4 is 5.32 Å². The second-order valence-electron chi connectivity index (χ2n) is 6.20. The smallest absolute Gasteiger partial charge is 0.134 e. The minimum Gasteiger partial charge on any atom is -0.460 e. The molecule has 0 saturated heterocycles. The maximum absolute atomic E-state index is 13.0. The summed E-state index contributed by atoms with van der Waals surface area (Å²) in [6.45, 7) is 0.770. The third-order valence-electron chi connectivity index (χ3n) is 4.46. The zero-order valence-electron chi connectivity index (χ0n) is 13.0. The molecule has 1 saturated carbocycles. The normalized spacial score (nSPS) is 17.1. The van der Waals surface area contributed by atoms with Gasteiger partial charge in [0.2, 0.25) is 0 Å². The lowest BCUT2D eigenvalue weighted by Gasteiger charge is -2.20. The van der Waals surface area contributed by atoms with Crippen LogP contribution in [0.25, 0.3) is 11.3 Å². The van der Waals surface area contributed by atoms with Crippen molar-refractivity contribution in [1.82, 2.24) is 5.32 Å². The fraction of sp³-hybridized carbons (Fsp3) is 0.474. The van der Waals surface area contributed by atoms with E-state index in [0.29, 0.717) is 6.04 Å². The van der Waals surface area contributed by atoms with Crippen LogP contribution in [0.3, 0.4) is 0 Å². The first-order chi connectivity index (χ1) is 10.8. The van der Waals surface area contributed by atoms with Crippen molar-refractivity contribution in [3.8, 4) is 11.3 Å². The molecule has 3 rings (SSSR count). The minimum atomic E-state index is -0.221. The molecule has 2 nitrogen and oxygen atoms in total. The van der Waals surface area contributed by atoms with Gasteiger partial charge in [0.1, 0.15) is 17.3 Å². The van der Waals surface area contributed by atoms with Crippen molar-refractivity contribution in [3.63, 3.8) is 0 Å². The van der Waals surface area contributed by atoms with Gasteiger partial charge >= 0.3 is 0 Å². The molecule has 1 aromatic carbocycles. The highest BCUT2D eigenvalue weighted by atomic mass is 19.1. The summed E-state index contributed by atoms with van der Waals surface area (Å²) < 4.78 is 18.8. The highest BCUT2D eigenvalue weighted by molar-refractivity contribution is 5.57. The van der Waals surface area contributed by atoms with Gasteiger partial charge in [-0.3, -0.25) is 0 Å². The van der Waals surface area contributed by atoms with Gasteiger partial charge in [0.05, 0.1) is 6.54 Å². The molecule has 0 aliphatic heterocycles. The minimum absolute atomic E-state index is 0.221. The van der Waals surface area contributed by atoms with Crippen molar-refractivity contribution in [2.75, 3.05) is 0 Å². The van der Waals surface area contributed by atoms with Crippen LogP contribution in [0, 0.1) is 5.82 Å². The Morgan fingerprint density at radius 2 is 1.59 bits per heavy atom. The average molecular weight is 301 g/mol. The van der Waals surface area contributed by atoms with Gasteiger partial charge in [-0.15, -0.1) is 0 Å². The maximum Gasteiger partial charge on any atom is 0.134 e. The van der Waals surface area contributed by atoms with E-state index in [0.717, 1.165) is 23.6 Å². The molecule has 1 aromatic heterocycles. The van der Waals surface area contributed by atoms with Crippen molar-refractivity contribution >= 4 is 0 Å². The van der Waals surface area contributed by atoms with Crippen LogP contribution in [0.2, 0.25) is 0 Å². The number of furan rings is 1. The first kappa shape index (κ1) is 15.3. The lowest BCUT2D eigenvalue weighted by molar-refractivity contribution is 0.372. The summed E-state index contributed by atoms with van der Waals surface area (Å²) in [4.78, 5) is 0. The van der Waals surface area contributed by atoms with Gasteiger partial charge in [0, 0.05) is 11.6 Å². The number of nitrogens with one attached hydrogen (secondary N) is 1. The van der Waals surface area contributed by atoms with Crippen molar-refractivity contribution in [1.29, 1.82) is 0 Å². The molecule has 0 atom stereocenters. The molecule has 0 radical (unpaired) electrons. The number of halogens is 1. The highest BCUT2D eigenvalue weighted by Gasteiger charge is 2.12. The molecule has 1 heterocycles. The molecule has 118 valence electrons. The second-order valence-corrected chi connectivity index (χ2v) is 6.20. The molecule has 1 aliphatic rings. The lowest BCUT2D eigenvalue weighted by atomic mass is 9.97. The summed E-state index contributed by atoms with van der Waals surface area (Å²) in [5, 5.41) is 3.63. The van der Waals surface area contributed by atoms with Gasteiger partial charge in [-0.2, -0.15) is 0 Å². The third-order valence-corrected chi connectivity index (χ3v) is 4.46. The van der Waals surface area contributed by atoms with Gasteiger partial charge in [0.15, 0.2) is 0 Å². The van der Waals surface area contributed by atoms with Crippen LogP contribution in [0.5, 0.6) is 0 Å². The zero-order valence-corrected chi connectivity index (χ0v) is 13.0. The summed E-state index contributed by atoms with van der Waals surface area (Å²) in [6, 6.07) is 11.0. The Kier molecular flexibility index (Phi) is 5.28. The highest BCUT2D eigenvalue weighted by Crippen LogP contribution is 2.23. The Hall–Kier alpha value is -1.61. The molecule has 0 unspecified atom stereocenters. The van der Waals surface area contributed by atoms with Crippen molar-refractivity contribution in [2.24, 2.45) is 0 Å². The third kappa shape index (κ3) is 4.20. The SMILES string of the molecule is Fc1ccc(-c2ccc(CNC3CCCCCCC3)o2)cc1. The monoisotopic (exact) mass is 301 g/mol. The summed E-state index contributed by atoms with van der Waals surface area (Å²) in [6.07, 6.45) is 9.33. The van der Waals surface area contributed by atoms with E-state index in [4.69, 9.17) is 4.42 Å². The summed E-state index contributed by atoms with van der Waals surface area (Å²) in [5.41, 5.74) is 0.915. The molecule has 0 amide bonds. The quantitative estimate of drug-likeness (QED) is 0.830. The topological polar surface area (TPSA) is 25.2 Å². The molecule has 0 spiro atoms. The van der Waals surface area contributed by atoms with Crippen molar-refractivity contribution < 1.29 is 8.81 Å². The van der Waals surface area contributed by atoms with Crippen LogP contribution in [0.1, 0.15) is 50.7 Å². The predicted octanol–water partition coefficient (Wildman–Crippen LogP) is 5.29. The number of benzene rings is 1. The Morgan fingerprint density at radius 1 is 0.909 bits per heavy atom. The van der Waals surface area contributed by atoms with E-state index in [1.807, 2.05) is 12.1 Å². The molecule has 22 heavy (non-hydrogen) atoms. The predicted molar refractivity (Wildman–Crippen MR) is 87.0 cm³/mol. The lowest BCUT2D eigenvalue weighted by Crippen LogP contribution is -2.29. The summed E-state index contributed by atoms with van der Waals surface area (Å²) in [7, 11) is 0. The molecule has 1 aliphatic carbocycles. The standard InChI is InChI=1S/C19H24FNO/c20-16-10-8-15(9-11-16)19-13-12-18(22-19)14-21-17-6-4-2-1-3-5-7-17/h8-13,17,21H,1-7,14H2. The van der Waals surface area contributed by atoms with E-state index < -0.39 is 0 Å². The van der Waals surface area contributed by atoms with E-state index in [1.165, 1.54) is 57.1 Å². The number of rotatable bonds is 4. The van der Waals surface area contributed by atoms with Crippen LogP contribution >= 0.6 is 0 Å². The Bertz CT molecular complexity index is 567. The van der Waals surface area contributed by atoms with Gasteiger partial charge in [-0.05, 0) is 49.2 Å². The van der Waals surface area contributed by atoms with E-state index in [9.17, 15) is 4.39 Å². The van der Waals surface area contributed by atoms with Gasteiger partial charge in [-0.1, -0.05) is 32.1 Å². The van der Waals surface area contributed by atoms with Gasteiger partial charge in [-0.25, -0.2) is 4.39 Å². The molecule has 0 bridgehead atoms.